The second-order valence-electron chi connectivity index (χ2n) is 0. The molecule has 1 nitrogen and oxygen atoms in total. The Morgan fingerprint density at radius 2 is 1.33 bits per heavy atom. The van der Waals surface area contributed by atoms with Gasteiger partial charge < -0.3 is 2.85 Å². The van der Waals surface area contributed by atoms with Crippen molar-refractivity contribution < 1.29 is 117 Å². The summed E-state index contributed by atoms with van der Waals surface area (Å²) >= 11 is 2.94. The third-order valence-electron chi connectivity index (χ3n) is 0. The minimum atomic E-state index is 0. The summed E-state index contributed by atoms with van der Waals surface area (Å²) in [6, 6.07) is 0. The van der Waals surface area contributed by atoms with Crippen molar-refractivity contribution in [2.45, 2.75) is 0 Å². The van der Waals surface area contributed by atoms with Gasteiger partial charge in [0.2, 0.25) is 0 Å². The zero-order valence-corrected chi connectivity index (χ0v) is 14.0. The Hall–Kier alpha value is 4.67. The molecule has 0 saturated heterocycles. The average molecular weight is 456 g/mol. The summed E-state index contributed by atoms with van der Waals surface area (Å²) in [7, 11) is 0. The van der Waals surface area contributed by atoms with Crippen molar-refractivity contribution in [2.75, 3.05) is 0 Å². The van der Waals surface area contributed by atoms with Gasteiger partial charge in [0, 0.05) is 94.4 Å². The van der Waals surface area contributed by atoms with Gasteiger partial charge in [-0.3, -0.25) is 0 Å². The third kappa shape index (κ3) is 23.4. The van der Waals surface area contributed by atoms with Crippen molar-refractivity contribution in [1.29, 1.82) is 0 Å². The van der Waals surface area contributed by atoms with E-state index >= 15 is 0 Å². The number of rotatable bonds is 0. The molecule has 0 amide bonds. The summed E-state index contributed by atoms with van der Waals surface area (Å²) in [4.78, 5) is 0. The fraction of sp³-hybridized carbons (Fsp3) is 0. The zero-order valence-electron chi connectivity index (χ0n) is 4.87. The molecule has 0 atom stereocenters. The molecule has 6 heteroatoms. The van der Waals surface area contributed by atoms with Gasteiger partial charge in [-0.05, 0) is 0 Å². The van der Waals surface area contributed by atoms with Crippen LogP contribution in [0.1, 0.15) is 2.85 Å². The van der Waals surface area contributed by atoms with E-state index in [9.17, 15) is 0 Å². The topological polar surface area (TPSA) is 17.1 Å². The van der Waals surface area contributed by atoms with Crippen LogP contribution in [0.3, 0.4) is 0 Å². The molecule has 0 spiro atoms. The Kier molecular flexibility index (Phi) is 172. The summed E-state index contributed by atoms with van der Waals surface area (Å²) in [6.45, 7) is 0. The van der Waals surface area contributed by atoms with Crippen LogP contribution in [0.15, 0.2) is 0 Å². The molecule has 6 heavy (non-hydrogen) atoms. The van der Waals surface area contributed by atoms with Crippen LogP contribution in [0.25, 0.3) is 0 Å². The van der Waals surface area contributed by atoms with Crippen LogP contribution >= 0.6 is 0 Å². The van der Waals surface area contributed by atoms with E-state index in [1.807, 2.05) is 0 Å². The Bertz CT molecular complexity index is 22.0. The molecule has 0 heterocycles. The maximum atomic E-state index is 7.81. The van der Waals surface area contributed by atoms with E-state index in [2.05, 4.69) is 15.9 Å². The molecule has 0 unspecified atom stereocenters. The van der Waals surface area contributed by atoms with Gasteiger partial charge in [0.15, 0.2) is 0 Å². The first kappa shape index (κ1) is 31.0. The van der Waals surface area contributed by atoms with Gasteiger partial charge in [-0.25, -0.2) is 0 Å². The van der Waals surface area contributed by atoms with Crippen molar-refractivity contribution in [1.82, 2.24) is 0 Å². The molecule has 0 fully saturated rings. The summed E-state index contributed by atoms with van der Waals surface area (Å²) in [5, 5.41) is 0. The first-order chi connectivity index (χ1) is 1.00. The standard InChI is InChI=1S/Ca.Ce.Cu.La.Mn.O.2H/q+2;;;;;;2*-1. The normalized spacial score (nSPS) is 1.00. The Labute approximate surface area is 150 Å². The second kappa shape index (κ2) is 33.3. The number of hydrogen-bond donors (Lipinski definition) is 0. The van der Waals surface area contributed by atoms with Crippen LogP contribution in [0.5, 0.6) is 0 Å². The summed E-state index contributed by atoms with van der Waals surface area (Å²) in [5.41, 5.74) is 0. The van der Waals surface area contributed by atoms with Gasteiger partial charge in [0.05, 0.1) is 0 Å². The second-order valence-corrected chi connectivity index (χ2v) is 0. The van der Waals surface area contributed by atoms with Gasteiger partial charge in [-0.1, -0.05) is 0 Å². The molecule has 0 saturated carbocycles. The molecule has 0 rings (SSSR count). The quantitative estimate of drug-likeness (QED) is 0.460. The fourth-order valence-electron chi connectivity index (χ4n) is 0. The van der Waals surface area contributed by atoms with Gasteiger partial charge >= 0.3 is 57.5 Å². The first-order valence-electron chi connectivity index (χ1n) is 0.123. The van der Waals surface area contributed by atoms with Crippen LogP contribution in [-0.4, -0.2) is 37.7 Å². The molecule has 2 radical (unpaired) electrons. The van der Waals surface area contributed by atoms with E-state index in [1.54, 1.807) is 0 Å². The van der Waals surface area contributed by atoms with Crippen molar-refractivity contribution in [3.05, 3.63) is 0 Å². The summed E-state index contributed by atoms with van der Waals surface area (Å²) in [6.07, 6.45) is 0. The zero-order chi connectivity index (χ0) is 2.00. The van der Waals surface area contributed by atoms with E-state index in [-0.39, 0.29) is 135 Å². The molecule has 0 bridgehead atoms. The first-order valence-corrected chi connectivity index (χ1v) is 0.508. The minimum absolute atomic E-state index is 0. The van der Waals surface area contributed by atoms with Crippen molar-refractivity contribution in [3.63, 3.8) is 0 Å². The molecule has 0 aliphatic rings. The molecule has 0 aromatic rings. The van der Waals surface area contributed by atoms with Crippen LogP contribution in [0.2, 0.25) is 0 Å². The Morgan fingerprint density at radius 1 is 1.33 bits per heavy atom. The van der Waals surface area contributed by atoms with E-state index in [1.165, 1.54) is 0 Å². The van der Waals surface area contributed by atoms with E-state index in [0.29, 0.717) is 0 Å². The Morgan fingerprint density at radius 3 is 1.33 bits per heavy atom. The summed E-state index contributed by atoms with van der Waals surface area (Å²) in [5.74, 6) is 0. The summed E-state index contributed by atoms with van der Waals surface area (Å²) < 4.78 is 7.81. The van der Waals surface area contributed by atoms with Crippen LogP contribution < -0.4 is 0 Å². The van der Waals surface area contributed by atoms with E-state index < -0.39 is 0 Å². The van der Waals surface area contributed by atoms with Crippen molar-refractivity contribution in [3.8, 4) is 0 Å². The SMILES string of the molecule is [Ca+2].[Ce].[H-].[H-].[La].[Mn].[O]=[Cu]. The molecule has 0 aliphatic carbocycles. The molecule has 0 aromatic heterocycles. The molecule has 0 aromatic carbocycles. The van der Waals surface area contributed by atoms with Gasteiger partial charge in [-0.15, -0.1) is 0 Å². The predicted molar refractivity (Wildman–Crippen MR) is 8.66 cm³/mol. The van der Waals surface area contributed by atoms with Gasteiger partial charge in [-0.2, -0.15) is 0 Å². The van der Waals surface area contributed by atoms with Crippen LogP contribution in [0, 0.1) is 77.3 Å². The molecule has 0 aliphatic heterocycles. The monoisotopic (exact) mass is 455 g/mol. The fourth-order valence-corrected chi connectivity index (χ4v) is 0. The van der Waals surface area contributed by atoms with Gasteiger partial charge in [0.25, 0.3) is 0 Å². The van der Waals surface area contributed by atoms with E-state index in [4.69, 9.17) is 3.83 Å². The van der Waals surface area contributed by atoms with E-state index in [0.717, 1.165) is 0 Å². The third-order valence-corrected chi connectivity index (χ3v) is 0. The molecular weight excluding hydrogens is 454 g/mol. The molecule has 35 valence electrons. The average Bonchev–Trinajstić information content (AvgIpc) is 1.00. The molecule has 0 N–H and O–H groups in total. The van der Waals surface area contributed by atoms with Crippen molar-refractivity contribution >= 4 is 37.7 Å². The van der Waals surface area contributed by atoms with Gasteiger partial charge in [0.1, 0.15) is 0 Å². The van der Waals surface area contributed by atoms with Crippen LogP contribution in [0.4, 0.5) is 0 Å². The predicted octanol–water partition coefficient (Wildman–Crippen LogP) is -0.280. The Balaban J connectivity index is -0.000000000333. The van der Waals surface area contributed by atoms with Crippen molar-refractivity contribution in [2.24, 2.45) is 0 Å². The molecular formula is H2CaCeCuLaMnO. The van der Waals surface area contributed by atoms with Crippen LogP contribution in [-0.2, 0) is 36.8 Å². The number of hydrogen-bond acceptors (Lipinski definition) is 1. The maximum absolute atomic E-state index is 7.81.